The molecule has 2 aliphatic heterocycles. The highest BCUT2D eigenvalue weighted by Gasteiger charge is 2.54. The molecule has 9 nitrogen and oxygen atoms in total. The predicted octanol–water partition coefficient (Wildman–Crippen LogP) is 2.60. The molecule has 3 aliphatic rings. The van der Waals surface area contributed by atoms with Crippen molar-refractivity contribution in [3.8, 4) is 11.5 Å². The molecule has 0 radical (unpaired) electrons. The van der Waals surface area contributed by atoms with Crippen LogP contribution in [-0.4, -0.2) is 79.2 Å². The van der Waals surface area contributed by atoms with Crippen molar-refractivity contribution < 1.29 is 33.0 Å². The highest BCUT2D eigenvalue weighted by atomic mass is 19.1. The Morgan fingerprint density at radius 1 is 0.973 bits per heavy atom. The van der Waals surface area contributed by atoms with Crippen LogP contribution in [0.25, 0.3) is 0 Å². The van der Waals surface area contributed by atoms with Crippen LogP contribution in [-0.2, 0) is 9.53 Å². The molecule has 2 aromatic carbocycles. The van der Waals surface area contributed by atoms with E-state index in [-0.39, 0.29) is 30.0 Å². The minimum Gasteiger partial charge on any atom is -0.496 e. The third-order valence-electron chi connectivity index (χ3n) is 7.27. The number of carbonyl (C=O) groups excluding carboxylic acids is 3. The molecule has 5 rings (SSSR count). The number of nitrogens with zero attached hydrogens (tertiary/aromatic N) is 2. The Morgan fingerprint density at radius 3 is 2.16 bits per heavy atom. The van der Waals surface area contributed by atoms with Crippen LogP contribution in [0.3, 0.4) is 0 Å². The minimum atomic E-state index is -1.06. The van der Waals surface area contributed by atoms with Crippen LogP contribution in [0.15, 0.2) is 42.5 Å². The molecule has 1 atom stereocenters. The van der Waals surface area contributed by atoms with Gasteiger partial charge in [-0.15, -0.1) is 0 Å². The SMILES string of the molecule is COc1cccc(OC)c1C(=O)N1CCC2(CC1)OCC(C(=O)NC1CC1)N2C(=O)c1ccc(F)cc1. The number of halogens is 1. The van der Waals surface area contributed by atoms with Gasteiger partial charge in [0.15, 0.2) is 0 Å². The normalized spacial score (nSPS) is 20.6. The number of hydrogen-bond acceptors (Lipinski definition) is 6. The van der Waals surface area contributed by atoms with E-state index in [0.717, 1.165) is 12.8 Å². The number of nitrogens with one attached hydrogen (secondary N) is 1. The molecule has 1 unspecified atom stereocenters. The van der Waals surface area contributed by atoms with Gasteiger partial charge in [0.2, 0.25) is 5.91 Å². The molecule has 2 aromatic rings. The second kappa shape index (κ2) is 10.0. The largest absolute Gasteiger partial charge is 0.496 e. The Balaban J connectivity index is 1.39. The molecule has 0 bridgehead atoms. The van der Waals surface area contributed by atoms with Crippen molar-refractivity contribution in [1.82, 2.24) is 15.1 Å². The molecule has 1 saturated carbocycles. The van der Waals surface area contributed by atoms with Gasteiger partial charge in [0, 0.05) is 37.5 Å². The molecular weight excluding hydrogens is 481 g/mol. The number of benzene rings is 2. The quantitative estimate of drug-likeness (QED) is 0.641. The topological polar surface area (TPSA) is 97.4 Å². The summed E-state index contributed by atoms with van der Waals surface area (Å²) in [6.45, 7) is 0.647. The van der Waals surface area contributed by atoms with Crippen LogP contribution in [0.1, 0.15) is 46.4 Å². The van der Waals surface area contributed by atoms with Crippen molar-refractivity contribution in [3.63, 3.8) is 0 Å². The Morgan fingerprint density at radius 2 is 1.59 bits per heavy atom. The second-order valence-electron chi connectivity index (χ2n) is 9.57. The summed E-state index contributed by atoms with van der Waals surface area (Å²) in [4.78, 5) is 43.4. The molecule has 196 valence electrons. The van der Waals surface area contributed by atoms with E-state index < -0.39 is 23.5 Å². The second-order valence-corrected chi connectivity index (χ2v) is 9.57. The fourth-order valence-electron chi connectivity index (χ4n) is 5.10. The van der Waals surface area contributed by atoms with Gasteiger partial charge >= 0.3 is 0 Å². The predicted molar refractivity (Wildman–Crippen MR) is 131 cm³/mol. The molecule has 0 aromatic heterocycles. The first-order chi connectivity index (χ1) is 17.9. The molecule has 3 fully saturated rings. The third kappa shape index (κ3) is 4.73. The van der Waals surface area contributed by atoms with E-state index in [9.17, 15) is 18.8 Å². The lowest BCUT2D eigenvalue weighted by Gasteiger charge is -2.44. The Kier molecular flexibility index (Phi) is 6.76. The first-order valence-corrected chi connectivity index (χ1v) is 12.4. The Labute approximate surface area is 214 Å². The van der Waals surface area contributed by atoms with Gasteiger partial charge in [0.25, 0.3) is 11.8 Å². The van der Waals surface area contributed by atoms with E-state index in [1.807, 2.05) is 0 Å². The van der Waals surface area contributed by atoms with Crippen LogP contribution < -0.4 is 14.8 Å². The molecule has 3 amide bonds. The van der Waals surface area contributed by atoms with Crippen LogP contribution in [0, 0.1) is 5.82 Å². The summed E-state index contributed by atoms with van der Waals surface area (Å²) in [5, 5.41) is 2.97. The Bertz CT molecular complexity index is 1170. The smallest absolute Gasteiger partial charge is 0.261 e. The van der Waals surface area contributed by atoms with Crippen molar-refractivity contribution in [2.45, 2.75) is 43.5 Å². The van der Waals surface area contributed by atoms with Crippen molar-refractivity contribution in [2.75, 3.05) is 33.9 Å². The van der Waals surface area contributed by atoms with E-state index in [1.165, 1.54) is 43.4 Å². The number of amides is 3. The average molecular weight is 512 g/mol. The maximum Gasteiger partial charge on any atom is 0.261 e. The molecule has 1 spiro atoms. The van der Waals surface area contributed by atoms with E-state index in [4.69, 9.17) is 14.2 Å². The average Bonchev–Trinajstić information content (AvgIpc) is 3.67. The number of piperidine rings is 1. The number of hydrogen-bond donors (Lipinski definition) is 1. The van der Waals surface area contributed by atoms with Gasteiger partial charge in [-0.05, 0) is 49.2 Å². The Hall–Kier alpha value is -3.66. The molecular formula is C27H30FN3O6. The summed E-state index contributed by atoms with van der Waals surface area (Å²) >= 11 is 0. The van der Waals surface area contributed by atoms with Crippen LogP contribution in [0.2, 0.25) is 0 Å². The lowest BCUT2D eigenvalue weighted by atomic mass is 9.95. The fourth-order valence-corrected chi connectivity index (χ4v) is 5.10. The van der Waals surface area contributed by atoms with Gasteiger partial charge in [0.05, 0.1) is 20.8 Å². The van der Waals surface area contributed by atoms with E-state index >= 15 is 0 Å². The zero-order valence-corrected chi connectivity index (χ0v) is 20.9. The molecule has 1 N–H and O–H groups in total. The summed E-state index contributed by atoms with van der Waals surface area (Å²) in [6, 6.07) is 9.73. The van der Waals surface area contributed by atoms with Crippen molar-refractivity contribution in [3.05, 3.63) is 59.4 Å². The molecule has 2 saturated heterocycles. The fraction of sp³-hybridized carbons (Fsp3) is 0.444. The number of carbonyl (C=O) groups is 3. The zero-order chi connectivity index (χ0) is 26.2. The van der Waals surface area contributed by atoms with Crippen molar-refractivity contribution >= 4 is 17.7 Å². The minimum absolute atomic E-state index is 0.0553. The number of ether oxygens (including phenoxy) is 3. The highest BCUT2D eigenvalue weighted by molar-refractivity contribution is 6.00. The number of rotatable bonds is 6. The lowest BCUT2D eigenvalue weighted by molar-refractivity contribution is -0.128. The van der Waals surface area contributed by atoms with Gasteiger partial charge in [-0.25, -0.2) is 4.39 Å². The van der Waals surface area contributed by atoms with E-state index in [1.54, 1.807) is 23.1 Å². The van der Waals surface area contributed by atoms with Gasteiger partial charge in [-0.3, -0.25) is 19.3 Å². The molecule has 10 heteroatoms. The van der Waals surface area contributed by atoms with Crippen molar-refractivity contribution in [1.29, 1.82) is 0 Å². The maximum atomic E-state index is 13.7. The summed E-state index contributed by atoms with van der Waals surface area (Å²) in [7, 11) is 2.99. The van der Waals surface area contributed by atoms with Crippen LogP contribution in [0.5, 0.6) is 11.5 Å². The number of likely N-dealkylation sites (tertiary alicyclic amines) is 1. The first-order valence-electron chi connectivity index (χ1n) is 12.4. The van der Waals surface area contributed by atoms with Crippen LogP contribution in [0.4, 0.5) is 4.39 Å². The first kappa shape index (κ1) is 25.0. The van der Waals surface area contributed by atoms with Gasteiger partial charge in [-0.2, -0.15) is 0 Å². The number of methoxy groups -OCH3 is 2. The lowest BCUT2D eigenvalue weighted by Crippen LogP contribution is -2.60. The highest BCUT2D eigenvalue weighted by Crippen LogP contribution is 2.40. The summed E-state index contributed by atoms with van der Waals surface area (Å²) < 4.78 is 30.5. The van der Waals surface area contributed by atoms with E-state index in [0.29, 0.717) is 43.0 Å². The zero-order valence-electron chi connectivity index (χ0n) is 20.9. The maximum absolute atomic E-state index is 13.7. The summed E-state index contributed by atoms with van der Waals surface area (Å²) in [5.74, 6) is -0.544. The van der Waals surface area contributed by atoms with Gasteiger partial charge in [0.1, 0.15) is 34.6 Å². The molecule has 2 heterocycles. The summed E-state index contributed by atoms with van der Waals surface area (Å²) in [6.07, 6.45) is 2.46. The van der Waals surface area contributed by atoms with Crippen molar-refractivity contribution in [2.24, 2.45) is 0 Å². The molecule has 1 aliphatic carbocycles. The van der Waals surface area contributed by atoms with E-state index in [2.05, 4.69) is 5.32 Å². The summed E-state index contributed by atoms with van der Waals surface area (Å²) in [5.41, 5.74) is -0.456. The standard InChI is InChI=1S/C27H30FN3O6/c1-35-21-4-3-5-22(36-2)23(21)26(34)30-14-12-27(13-15-30)31(25(33)17-6-8-18(28)9-7-17)20(16-37-27)24(32)29-19-10-11-19/h3-9,19-20H,10-16H2,1-2H3,(H,29,32). The van der Waals surface area contributed by atoms with Gasteiger partial charge < -0.3 is 24.4 Å². The monoisotopic (exact) mass is 511 g/mol. The third-order valence-corrected chi connectivity index (χ3v) is 7.27. The molecule has 37 heavy (non-hydrogen) atoms. The van der Waals surface area contributed by atoms with Gasteiger partial charge in [-0.1, -0.05) is 6.07 Å². The van der Waals surface area contributed by atoms with Crippen LogP contribution >= 0.6 is 0 Å².